The molecule has 0 bridgehead atoms. The molecule has 0 fully saturated rings. The lowest BCUT2D eigenvalue weighted by Gasteiger charge is -2.23. The van der Waals surface area contributed by atoms with Gasteiger partial charge in [0, 0.05) is 12.0 Å². The van der Waals surface area contributed by atoms with Crippen molar-refractivity contribution in [3.63, 3.8) is 0 Å². The monoisotopic (exact) mass is 291 g/mol. The summed E-state index contributed by atoms with van der Waals surface area (Å²) in [5.41, 5.74) is 5.08. The van der Waals surface area contributed by atoms with E-state index in [1.165, 1.54) is 13.8 Å². The highest BCUT2D eigenvalue weighted by atomic mass is 19.1. The van der Waals surface area contributed by atoms with E-state index in [0.717, 1.165) is 30.6 Å². The summed E-state index contributed by atoms with van der Waals surface area (Å²) in [6.45, 7) is 2.78. The van der Waals surface area contributed by atoms with E-state index in [1.807, 2.05) is 6.07 Å². The zero-order valence-electron chi connectivity index (χ0n) is 12.1. The van der Waals surface area contributed by atoms with Gasteiger partial charge < -0.3 is 15.5 Å². The van der Waals surface area contributed by atoms with Gasteiger partial charge in [-0.15, -0.1) is 0 Å². The molecule has 1 aliphatic rings. The topological polar surface area (TPSA) is 89.9 Å². The third kappa shape index (κ3) is 2.81. The molecule has 2 aromatic heterocycles. The van der Waals surface area contributed by atoms with Gasteiger partial charge in [0.15, 0.2) is 11.5 Å². The first kappa shape index (κ1) is 13.8. The molecule has 1 atom stereocenters. The number of hydrogen-bond donors (Lipinski definition) is 2. The fourth-order valence-electron chi connectivity index (χ4n) is 2.51. The van der Waals surface area contributed by atoms with Crippen LogP contribution in [0.4, 0.5) is 16.3 Å². The van der Waals surface area contributed by atoms with Crippen molar-refractivity contribution in [2.45, 2.75) is 44.8 Å². The summed E-state index contributed by atoms with van der Waals surface area (Å²) >= 11 is 0. The maximum absolute atomic E-state index is 14.0. The van der Waals surface area contributed by atoms with E-state index in [1.54, 1.807) is 6.26 Å². The largest absolute Gasteiger partial charge is 0.469 e. The number of nitrogens with zero attached hydrogens (tertiary/aromatic N) is 3. The Hall–Kier alpha value is -2.18. The van der Waals surface area contributed by atoms with Crippen LogP contribution in [0.25, 0.3) is 0 Å². The van der Waals surface area contributed by atoms with Gasteiger partial charge in [0.05, 0.1) is 12.3 Å². The summed E-state index contributed by atoms with van der Waals surface area (Å²) in [5.74, 6) is 1.31. The zero-order chi connectivity index (χ0) is 15.0. The fraction of sp³-hybridized carbons (Fsp3) is 0.500. The maximum atomic E-state index is 14.0. The number of alkyl halides is 1. The second-order valence-corrected chi connectivity index (χ2v) is 5.70. The SMILES string of the molecule is CC(C)(F)c1nc(N)nc(NC2CCCc3occc32)n1. The van der Waals surface area contributed by atoms with E-state index in [0.29, 0.717) is 5.95 Å². The lowest BCUT2D eigenvalue weighted by atomic mass is 9.93. The Morgan fingerprint density at radius 2 is 2.19 bits per heavy atom. The van der Waals surface area contributed by atoms with Gasteiger partial charge in [-0.05, 0) is 32.8 Å². The van der Waals surface area contributed by atoms with Gasteiger partial charge in [-0.1, -0.05) is 0 Å². The molecule has 2 heterocycles. The third-order valence-electron chi connectivity index (χ3n) is 3.54. The molecule has 3 rings (SSSR count). The average molecular weight is 291 g/mol. The quantitative estimate of drug-likeness (QED) is 0.903. The number of anilines is 2. The predicted octanol–water partition coefficient (Wildman–Crippen LogP) is 2.74. The lowest BCUT2D eigenvalue weighted by Crippen LogP contribution is -2.21. The second-order valence-electron chi connectivity index (χ2n) is 5.70. The number of nitrogen functional groups attached to an aromatic ring is 1. The van der Waals surface area contributed by atoms with Crippen LogP contribution in [-0.2, 0) is 12.1 Å². The molecule has 7 heteroatoms. The van der Waals surface area contributed by atoms with Gasteiger partial charge >= 0.3 is 0 Å². The number of rotatable bonds is 3. The van der Waals surface area contributed by atoms with E-state index < -0.39 is 5.67 Å². The second kappa shape index (κ2) is 4.98. The van der Waals surface area contributed by atoms with E-state index >= 15 is 0 Å². The van der Waals surface area contributed by atoms with Crippen molar-refractivity contribution in [1.82, 2.24) is 15.0 Å². The van der Waals surface area contributed by atoms with Gasteiger partial charge in [-0.3, -0.25) is 0 Å². The number of nitrogens with two attached hydrogens (primary N) is 1. The number of furan rings is 1. The Morgan fingerprint density at radius 3 is 2.95 bits per heavy atom. The molecule has 0 amide bonds. The molecule has 1 aliphatic carbocycles. The molecular formula is C14H18FN5O. The minimum atomic E-state index is -1.67. The molecule has 1 unspecified atom stereocenters. The summed E-state index contributed by atoms with van der Waals surface area (Å²) < 4.78 is 19.4. The number of aromatic nitrogens is 3. The predicted molar refractivity (Wildman–Crippen MR) is 76.4 cm³/mol. The van der Waals surface area contributed by atoms with Crippen LogP contribution in [0.2, 0.25) is 0 Å². The number of halogens is 1. The van der Waals surface area contributed by atoms with E-state index in [9.17, 15) is 4.39 Å². The van der Waals surface area contributed by atoms with Gasteiger partial charge in [-0.25, -0.2) is 4.39 Å². The average Bonchev–Trinajstić information content (AvgIpc) is 2.86. The van der Waals surface area contributed by atoms with Crippen LogP contribution in [0.1, 0.15) is 49.9 Å². The van der Waals surface area contributed by atoms with Crippen LogP contribution in [0.5, 0.6) is 0 Å². The Morgan fingerprint density at radius 1 is 1.38 bits per heavy atom. The summed E-state index contributed by atoms with van der Waals surface area (Å²) in [7, 11) is 0. The molecule has 112 valence electrons. The van der Waals surface area contributed by atoms with Crippen LogP contribution in [-0.4, -0.2) is 15.0 Å². The highest BCUT2D eigenvalue weighted by Crippen LogP contribution is 2.33. The molecule has 0 aliphatic heterocycles. The van der Waals surface area contributed by atoms with Crippen LogP contribution < -0.4 is 11.1 Å². The molecule has 6 nitrogen and oxygen atoms in total. The van der Waals surface area contributed by atoms with Crippen molar-refractivity contribution >= 4 is 11.9 Å². The van der Waals surface area contributed by atoms with Crippen molar-refractivity contribution in [2.24, 2.45) is 0 Å². The number of hydrogen-bond acceptors (Lipinski definition) is 6. The molecule has 2 aromatic rings. The van der Waals surface area contributed by atoms with Crippen molar-refractivity contribution < 1.29 is 8.81 Å². The molecule has 0 radical (unpaired) electrons. The van der Waals surface area contributed by atoms with E-state index in [4.69, 9.17) is 10.2 Å². The fourth-order valence-corrected chi connectivity index (χ4v) is 2.51. The molecule has 3 N–H and O–H groups in total. The molecular weight excluding hydrogens is 273 g/mol. The highest BCUT2D eigenvalue weighted by molar-refractivity contribution is 5.37. The maximum Gasteiger partial charge on any atom is 0.228 e. The Bertz CT molecular complexity index is 649. The van der Waals surface area contributed by atoms with Gasteiger partial charge in [0.1, 0.15) is 5.76 Å². The van der Waals surface area contributed by atoms with Gasteiger partial charge in [-0.2, -0.15) is 15.0 Å². The van der Waals surface area contributed by atoms with E-state index in [2.05, 4.69) is 20.3 Å². The Balaban J connectivity index is 1.88. The Labute approximate surface area is 122 Å². The molecule has 0 spiro atoms. The first-order valence-corrected chi connectivity index (χ1v) is 6.97. The van der Waals surface area contributed by atoms with Crippen molar-refractivity contribution in [1.29, 1.82) is 0 Å². The molecule has 21 heavy (non-hydrogen) atoms. The van der Waals surface area contributed by atoms with Gasteiger partial charge in [0.2, 0.25) is 11.9 Å². The molecule has 0 saturated carbocycles. The number of aryl methyl sites for hydroxylation is 1. The minimum absolute atomic E-state index is 0.0106. The van der Waals surface area contributed by atoms with Gasteiger partial charge in [0.25, 0.3) is 0 Å². The summed E-state index contributed by atoms with van der Waals surface area (Å²) in [6, 6.07) is 1.99. The standard InChI is InChI=1S/C14H18FN5O/c1-14(2,15)11-18-12(16)20-13(19-11)17-9-4-3-5-10-8(9)6-7-21-10/h6-7,9H,3-5H2,1-2H3,(H3,16,17,18,19,20). The Kier molecular flexibility index (Phi) is 3.27. The van der Waals surface area contributed by atoms with Crippen molar-refractivity contribution in [3.8, 4) is 0 Å². The van der Waals surface area contributed by atoms with Crippen LogP contribution >= 0.6 is 0 Å². The summed E-state index contributed by atoms with van der Waals surface area (Å²) in [4.78, 5) is 12.0. The first-order valence-electron chi connectivity index (χ1n) is 6.97. The van der Waals surface area contributed by atoms with E-state index in [-0.39, 0.29) is 17.8 Å². The minimum Gasteiger partial charge on any atom is -0.469 e. The smallest absolute Gasteiger partial charge is 0.228 e. The lowest BCUT2D eigenvalue weighted by molar-refractivity contribution is 0.206. The normalized spacial score (nSPS) is 18.3. The molecule has 0 aromatic carbocycles. The van der Waals surface area contributed by atoms with Crippen molar-refractivity contribution in [2.75, 3.05) is 11.1 Å². The summed E-state index contributed by atoms with van der Waals surface area (Å²) in [5, 5.41) is 3.21. The summed E-state index contributed by atoms with van der Waals surface area (Å²) in [6.07, 6.45) is 4.57. The highest BCUT2D eigenvalue weighted by Gasteiger charge is 2.26. The third-order valence-corrected chi connectivity index (χ3v) is 3.54. The van der Waals surface area contributed by atoms with Crippen LogP contribution in [0.3, 0.4) is 0 Å². The molecule has 0 saturated heterocycles. The van der Waals surface area contributed by atoms with Crippen molar-refractivity contribution in [3.05, 3.63) is 29.5 Å². The number of nitrogens with one attached hydrogen (secondary N) is 1. The van der Waals surface area contributed by atoms with Crippen LogP contribution in [0.15, 0.2) is 16.7 Å². The van der Waals surface area contributed by atoms with Crippen LogP contribution in [0, 0.1) is 0 Å². The zero-order valence-corrected chi connectivity index (χ0v) is 12.1. The number of fused-ring (bicyclic) bond motifs is 1. The first-order chi connectivity index (χ1) is 9.93.